The van der Waals surface area contributed by atoms with Crippen LogP contribution >= 0.6 is 18.5 Å². The van der Waals surface area contributed by atoms with Gasteiger partial charge >= 0.3 is 20.4 Å². The number of para-hydroxylation sites is 2. The molecule has 13 heteroatoms. The molecule has 0 heterocycles. The van der Waals surface area contributed by atoms with Gasteiger partial charge in [0.15, 0.2) is 0 Å². The second-order valence-electron chi connectivity index (χ2n) is 8.18. The number of nitrogens with two attached hydrogens (primary N) is 2. The van der Waals surface area contributed by atoms with Gasteiger partial charge in [-0.3, -0.25) is 0 Å². The molecule has 0 radical (unpaired) electrons. The van der Waals surface area contributed by atoms with Crippen LogP contribution in [0.1, 0.15) is 21.1 Å². The van der Waals surface area contributed by atoms with Gasteiger partial charge in [0, 0.05) is 22.5 Å². The van der Waals surface area contributed by atoms with Gasteiger partial charge < -0.3 is 20.6 Å². The predicted molar refractivity (Wildman–Crippen MR) is 157 cm³/mol. The molecule has 208 valence electrons. The maximum absolute atomic E-state index is 11.2. The average molecular weight is 695 g/mol. The van der Waals surface area contributed by atoms with Gasteiger partial charge in [-0.15, -0.1) is 18.5 Å². The largest absolute Gasteiger partial charge is 2.00 e. The van der Waals surface area contributed by atoms with Crippen LogP contribution in [0.15, 0.2) is 97.1 Å². The predicted octanol–water partition coefficient (Wildman–Crippen LogP) is 4.71. The molecule has 4 unspecified atom stereocenters. The van der Waals surface area contributed by atoms with E-state index in [0.29, 0.717) is 44.8 Å². The first kappa shape index (κ1) is 33.0. The van der Waals surface area contributed by atoms with Crippen LogP contribution in [0.5, 0.6) is 0 Å². The molecule has 4 rings (SSSR count). The van der Waals surface area contributed by atoms with E-state index in [1.54, 1.807) is 84.9 Å². The number of benzene rings is 4. The molecule has 0 aromatic heterocycles. The number of hydrogen-bond acceptors (Lipinski definition) is 8. The van der Waals surface area contributed by atoms with Gasteiger partial charge in [-0.2, -0.15) is 0 Å². The van der Waals surface area contributed by atoms with Crippen molar-refractivity contribution >= 4 is 50.1 Å². The molecule has 4 N–H and O–H groups in total. The Labute approximate surface area is 247 Å². The van der Waals surface area contributed by atoms with Gasteiger partial charge in [0.25, 0.3) is 0 Å². The summed E-state index contributed by atoms with van der Waals surface area (Å²) < 4.78 is 67.2. The van der Waals surface area contributed by atoms with E-state index in [1.165, 1.54) is 0 Å². The van der Waals surface area contributed by atoms with Crippen LogP contribution in [0.3, 0.4) is 0 Å². The summed E-state index contributed by atoms with van der Waals surface area (Å²) in [6.07, 6.45) is 0. The molecule has 0 saturated heterocycles. The molecule has 0 aliphatic rings. The van der Waals surface area contributed by atoms with Gasteiger partial charge in [-0.25, -0.2) is 16.8 Å². The van der Waals surface area contributed by atoms with Gasteiger partial charge in [0.05, 0.1) is 9.98 Å². The molecule has 39 heavy (non-hydrogen) atoms. The van der Waals surface area contributed by atoms with Crippen LogP contribution in [0.4, 0.5) is 11.4 Å². The van der Waals surface area contributed by atoms with E-state index < -0.39 is 30.2 Å². The topological polar surface area (TPSA) is 166 Å². The summed E-state index contributed by atoms with van der Waals surface area (Å²) in [5.74, 6) is 0. The van der Waals surface area contributed by atoms with Crippen LogP contribution < -0.4 is 11.5 Å². The number of rotatable bonds is 6. The number of hydrogen-bond donors (Lipinski definition) is 2. The van der Waals surface area contributed by atoms with E-state index in [1.807, 2.05) is 12.1 Å². The first-order chi connectivity index (χ1) is 17.8. The van der Waals surface area contributed by atoms with Crippen molar-refractivity contribution in [1.29, 1.82) is 0 Å². The molecule has 0 amide bonds. The maximum Gasteiger partial charge on any atom is 2.00 e. The summed E-state index contributed by atoms with van der Waals surface area (Å²) in [4.78, 5) is -2.38. The zero-order valence-electron chi connectivity index (χ0n) is 20.3. The first-order valence-electron chi connectivity index (χ1n) is 11.1. The monoisotopic (exact) mass is 694 g/mol. The van der Waals surface area contributed by atoms with Crippen LogP contribution in [0.25, 0.3) is 22.3 Å². The van der Waals surface area contributed by atoms with Gasteiger partial charge in [0.2, 0.25) is 0 Å². The molecule has 0 bridgehead atoms. The van der Waals surface area contributed by atoms with Crippen molar-refractivity contribution in [3.05, 3.63) is 108 Å². The Bertz CT molecular complexity index is 1530. The fraction of sp³-hybridized carbons (Fsp3) is 0.0769. The molecule has 4 aromatic carbocycles. The maximum atomic E-state index is 11.2. The van der Waals surface area contributed by atoms with Crippen molar-refractivity contribution in [2.45, 2.75) is 9.98 Å². The molecular weight excluding hydrogens is 669 g/mol. The Hall–Kier alpha value is -2.18. The SMILES string of the molecule is Nc1ccccc1-c1ccccc1C(P)S(=O)(=O)[O-].Nc1ccccc1-c1ccccc1C(P)S(=O)(=O)[O-].[Pd+2]. The van der Waals surface area contributed by atoms with E-state index in [0.717, 1.165) is 0 Å². The Kier molecular flexibility index (Phi) is 11.8. The van der Waals surface area contributed by atoms with Crippen LogP contribution in [-0.2, 0) is 40.7 Å². The average Bonchev–Trinajstić information content (AvgIpc) is 2.88. The fourth-order valence-electron chi connectivity index (χ4n) is 3.78. The second-order valence-corrected chi connectivity index (χ2v) is 13.5. The van der Waals surface area contributed by atoms with Crippen molar-refractivity contribution in [2.24, 2.45) is 0 Å². The Balaban J connectivity index is 0.000000267. The Morgan fingerprint density at radius 3 is 1.05 bits per heavy atom. The smallest absolute Gasteiger partial charge is 0.747 e. The van der Waals surface area contributed by atoms with Crippen molar-refractivity contribution in [3.63, 3.8) is 0 Å². The van der Waals surface area contributed by atoms with E-state index in [-0.39, 0.29) is 20.4 Å². The van der Waals surface area contributed by atoms with Gasteiger partial charge in [-0.1, -0.05) is 84.9 Å². The molecule has 0 saturated carbocycles. The van der Waals surface area contributed by atoms with E-state index in [2.05, 4.69) is 18.5 Å². The molecule has 8 nitrogen and oxygen atoms in total. The van der Waals surface area contributed by atoms with Gasteiger partial charge in [0.1, 0.15) is 20.2 Å². The molecule has 0 spiro atoms. The third-order valence-corrected chi connectivity index (χ3v) is 10.1. The molecule has 4 atom stereocenters. The summed E-state index contributed by atoms with van der Waals surface area (Å²) in [7, 11) is -4.70. The van der Waals surface area contributed by atoms with E-state index in [4.69, 9.17) is 11.5 Å². The van der Waals surface area contributed by atoms with Gasteiger partial charge in [-0.05, 0) is 34.4 Å². The summed E-state index contributed by atoms with van der Waals surface area (Å²) in [6.45, 7) is 0. The third kappa shape index (κ3) is 8.41. The molecule has 0 aliphatic heterocycles. The normalized spacial score (nSPS) is 12.8. The molecule has 0 fully saturated rings. The van der Waals surface area contributed by atoms with Crippen molar-refractivity contribution in [3.8, 4) is 22.3 Å². The molecule has 4 aromatic rings. The second kappa shape index (κ2) is 13.9. The van der Waals surface area contributed by atoms with Crippen LogP contribution in [-0.4, -0.2) is 25.9 Å². The summed E-state index contributed by atoms with van der Waals surface area (Å²) in [6, 6.07) is 28.0. The Morgan fingerprint density at radius 2 is 0.769 bits per heavy atom. The third-order valence-electron chi connectivity index (χ3n) is 5.66. The van der Waals surface area contributed by atoms with E-state index >= 15 is 0 Å². The van der Waals surface area contributed by atoms with Crippen molar-refractivity contribution in [2.75, 3.05) is 11.5 Å². The zero-order valence-corrected chi connectivity index (χ0v) is 25.8. The van der Waals surface area contributed by atoms with Crippen LogP contribution in [0, 0.1) is 0 Å². The van der Waals surface area contributed by atoms with E-state index in [9.17, 15) is 25.9 Å². The minimum Gasteiger partial charge on any atom is -0.747 e. The summed E-state index contributed by atoms with van der Waals surface area (Å²) in [5, 5.41) is 0. The quantitative estimate of drug-likeness (QED) is 0.127. The van der Waals surface area contributed by atoms with Crippen LogP contribution in [0.2, 0.25) is 0 Å². The minimum absolute atomic E-state index is 0. The summed E-state index contributed by atoms with van der Waals surface area (Å²) in [5.41, 5.74) is 16.5. The fourth-order valence-corrected chi connectivity index (χ4v) is 5.39. The molecule has 0 aliphatic carbocycles. The minimum atomic E-state index is -4.43. The van der Waals surface area contributed by atoms with Crippen molar-refractivity contribution < 1.29 is 46.4 Å². The number of anilines is 2. The molecular formula is C26H26N2O6P2PdS2. The number of nitrogen functional groups attached to an aromatic ring is 2. The first-order valence-corrected chi connectivity index (χ1v) is 15.4. The zero-order chi connectivity index (χ0) is 28.1. The summed E-state index contributed by atoms with van der Waals surface area (Å²) >= 11 is 0. The Morgan fingerprint density at radius 1 is 0.513 bits per heavy atom. The van der Waals surface area contributed by atoms with Crippen molar-refractivity contribution in [1.82, 2.24) is 0 Å². The standard InChI is InChI=1S/2C13H14NO3PS.Pd/c2*14-12-8-4-3-6-10(12)9-5-1-2-7-11(9)13(18)19(15,16)17;/h2*1-8,13H,14,18H2,(H,15,16,17);/q;;+2/p-2.